The first kappa shape index (κ1) is 31.4. The number of benzene rings is 7. The van der Waals surface area contributed by atoms with Crippen LogP contribution in [0.4, 0.5) is 17.1 Å². The van der Waals surface area contributed by atoms with Crippen molar-refractivity contribution in [1.82, 2.24) is 0 Å². The number of hydrogen-bond donors (Lipinski definition) is 0. The highest BCUT2D eigenvalue weighted by Gasteiger charge is 2.56. The highest BCUT2D eigenvalue weighted by atomic mass is 32.1. The van der Waals surface area contributed by atoms with Crippen LogP contribution in [-0.4, -0.2) is 0 Å². The van der Waals surface area contributed by atoms with Gasteiger partial charge in [0.25, 0.3) is 0 Å². The molecule has 2 heteroatoms. The molecule has 0 N–H and O–H groups in total. The molecule has 0 aliphatic heterocycles. The van der Waals surface area contributed by atoms with Crippen LogP contribution in [0.25, 0.3) is 53.2 Å². The summed E-state index contributed by atoms with van der Waals surface area (Å²) in [6.45, 7) is 5.07. The Labute approximate surface area is 316 Å². The van der Waals surface area contributed by atoms with Gasteiger partial charge in [0.1, 0.15) is 0 Å². The molecule has 0 amide bonds. The Morgan fingerprint density at radius 3 is 2.15 bits per heavy atom. The molecule has 2 saturated carbocycles. The maximum atomic E-state index is 2.57. The molecule has 8 aromatic rings. The van der Waals surface area contributed by atoms with Gasteiger partial charge in [-0.25, -0.2) is 0 Å². The van der Waals surface area contributed by atoms with Crippen molar-refractivity contribution in [3.8, 4) is 22.3 Å². The van der Waals surface area contributed by atoms with Crippen LogP contribution in [0.1, 0.15) is 50.7 Å². The number of anilines is 3. The quantitative estimate of drug-likeness (QED) is 0.177. The van der Waals surface area contributed by atoms with Gasteiger partial charge in [-0.1, -0.05) is 123 Å². The van der Waals surface area contributed by atoms with E-state index in [1.807, 2.05) is 11.3 Å². The summed E-state index contributed by atoms with van der Waals surface area (Å²) in [5.41, 5.74) is 12.2. The minimum atomic E-state index is 0.0943. The van der Waals surface area contributed by atoms with Gasteiger partial charge in [0.15, 0.2) is 0 Å². The standard InChI is InChI=1S/C51H43NS/c1-32-26-34-28-33(2)51(38(27-32)29-34)46-15-7-5-13-42(46)45-31-40(23-25-47(45)51)52(48-16-9-11-36-10-3-4-12-41(36)48)39-21-18-35(19-22-39)37-20-24-44-43-14-6-8-17-49(43)53-50(44)30-37/h3-25,30-34,38H,26-29H2,1-2H3/t32-,33+,34-,38-,51?/m0/s1. The Bertz CT molecular complexity index is 2690. The molecule has 3 aliphatic carbocycles. The van der Waals surface area contributed by atoms with Crippen molar-refractivity contribution in [2.45, 2.75) is 44.9 Å². The average Bonchev–Trinajstić information content (AvgIpc) is 3.71. The summed E-state index contributed by atoms with van der Waals surface area (Å²) in [5.74, 6) is 2.99. The maximum absolute atomic E-state index is 2.57. The summed E-state index contributed by atoms with van der Waals surface area (Å²) >= 11 is 1.88. The van der Waals surface area contributed by atoms with Gasteiger partial charge in [0.2, 0.25) is 0 Å². The number of thiophene rings is 1. The highest BCUT2D eigenvalue weighted by Crippen LogP contribution is 2.65. The fourth-order valence-electron chi connectivity index (χ4n) is 11.4. The molecular weight excluding hydrogens is 659 g/mol. The zero-order chi connectivity index (χ0) is 35.3. The summed E-state index contributed by atoms with van der Waals surface area (Å²) in [6, 6.07) is 57.4. The van der Waals surface area contributed by atoms with Gasteiger partial charge in [-0.2, -0.15) is 0 Å². The summed E-state index contributed by atoms with van der Waals surface area (Å²) in [4.78, 5) is 2.50. The number of rotatable bonds is 4. The molecule has 5 atom stereocenters. The second-order valence-electron chi connectivity index (χ2n) is 16.3. The summed E-state index contributed by atoms with van der Waals surface area (Å²) in [7, 11) is 0. The van der Waals surface area contributed by atoms with Gasteiger partial charge in [0, 0.05) is 42.3 Å². The third-order valence-electron chi connectivity index (χ3n) is 13.4. The molecule has 1 spiro atoms. The minimum absolute atomic E-state index is 0.0943. The van der Waals surface area contributed by atoms with E-state index < -0.39 is 0 Å². The molecule has 1 unspecified atom stereocenters. The molecule has 11 rings (SSSR count). The van der Waals surface area contributed by atoms with E-state index in [1.54, 1.807) is 11.1 Å². The molecule has 1 aromatic heterocycles. The molecule has 2 bridgehead atoms. The van der Waals surface area contributed by atoms with Crippen LogP contribution >= 0.6 is 11.3 Å². The van der Waals surface area contributed by atoms with E-state index in [1.165, 1.54) is 95.9 Å². The summed E-state index contributed by atoms with van der Waals surface area (Å²) < 4.78 is 2.69. The second-order valence-corrected chi connectivity index (χ2v) is 17.4. The number of fused-ring (bicyclic) bond motifs is 12. The van der Waals surface area contributed by atoms with Gasteiger partial charge in [-0.15, -0.1) is 11.3 Å². The molecule has 7 aromatic carbocycles. The van der Waals surface area contributed by atoms with Gasteiger partial charge in [-0.05, 0) is 131 Å². The third-order valence-corrected chi connectivity index (χ3v) is 14.5. The van der Waals surface area contributed by atoms with Crippen LogP contribution < -0.4 is 4.90 Å². The zero-order valence-corrected chi connectivity index (χ0v) is 31.2. The SMILES string of the molecule is C[C@H]1C[C@@H]2C[C@H](C1)C1(c3ccccc3-c3cc(N(c4ccc(-c5ccc6c(c5)sc5ccccc56)cc4)c4cccc5ccccc45)ccc31)[C@H](C)C2. The van der Waals surface area contributed by atoms with E-state index in [0.717, 1.165) is 11.8 Å². The molecule has 1 nitrogen and oxygen atoms in total. The maximum Gasteiger partial charge on any atom is 0.0540 e. The molecule has 3 aliphatic rings. The second kappa shape index (κ2) is 11.9. The Kier molecular flexibility index (Phi) is 7.05. The van der Waals surface area contributed by atoms with E-state index in [4.69, 9.17) is 0 Å². The van der Waals surface area contributed by atoms with E-state index in [2.05, 4.69) is 170 Å². The molecule has 53 heavy (non-hydrogen) atoms. The normalized spacial score (nSPS) is 23.1. The van der Waals surface area contributed by atoms with Crippen molar-refractivity contribution in [2.24, 2.45) is 23.7 Å². The zero-order valence-electron chi connectivity index (χ0n) is 30.4. The first-order valence-corrected chi connectivity index (χ1v) is 20.4. The van der Waals surface area contributed by atoms with E-state index in [9.17, 15) is 0 Å². The Morgan fingerprint density at radius 1 is 0.528 bits per heavy atom. The van der Waals surface area contributed by atoms with Crippen molar-refractivity contribution < 1.29 is 0 Å². The predicted octanol–water partition coefficient (Wildman–Crippen LogP) is 14.7. The van der Waals surface area contributed by atoms with Crippen LogP contribution in [0, 0.1) is 23.7 Å². The Hall–Kier alpha value is -5.18. The van der Waals surface area contributed by atoms with Crippen molar-refractivity contribution in [3.05, 3.63) is 163 Å². The molecule has 1 heterocycles. The lowest BCUT2D eigenvalue weighted by Crippen LogP contribution is -2.49. The van der Waals surface area contributed by atoms with Crippen LogP contribution in [0.3, 0.4) is 0 Å². The van der Waals surface area contributed by atoms with Crippen LogP contribution in [0.5, 0.6) is 0 Å². The molecule has 0 saturated heterocycles. The predicted molar refractivity (Wildman–Crippen MR) is 227 cm³/mol. The van der Waals surface area contributed by atoms with Crippen molar-refractivity contribution in [3.63, 3.8) is 0 Å². The average molecular weight is 702 g/mol. The van der Waals surface area contributed by atoms with E-state index in [0.29, 0.717) is 11.8 Å². The lowest BCUT2D eigenvalue weighted by Gasteiger charge is -2.54. The van der Waals surface area contributed by atoms with Crippen molar-refractivity contribution in [2.75, 3.05) is 4.90 Å². The molecule has 2 fully saturated rings. The molecule has 0 radical (unpaired) electrons. The molecule has 258 valence electrons. The number of nitrogens with zero attached hydrogens (tertiary/aromatic N) is 1. The van der Waals surface area contributed by atoms with Crippen molar-refractivity contribution >= 4 is 59.3 Å². The largest absolute Gasteiger partial charge is 0.310 e. The number of hydrogen-bond acceptors (Lipinski definition) is 2. The fraction of sp³-hybridized carbons (Fsp3) is 0.216. The molecular formula is C51H43NS. The smallest absolute Gasteiger partial charge is 0.0540 e. The summed E-state index contributed by atoms with van der Waals surface area (Å²) in [6.07, 6.45) is 5.44. The van der Waals surface area contributed by atoms with Crippen molar-refractivity contribution in [1.29, 1.82) is 0 Å². The monoisotopic (exact) mass is 701 g/mol. The Morgan fingerprint density at radius 2 is 1.25 bits per heavy atom. The fourth-order valence-corrected chi connectivity index (χ4v) is 12.5. The van der Waals surface area contributed by atoms with E-state index in [-0.39, 0.29) is 5.41 Å². The van der Waals surface area contributed by atoms with Gasteiger partial charge in [-0.3, -0.25) is 0 Å². The third kappa shape index (κ3) is 4.68. The van der Waals surface area contributed by atoms with Gasteiger partial charge in [0.05, 0.1) is 5.69 Å². The topological polar surface area (TPSA) is 3.24 Å². The Balaban J connectivity index is 1.06. The van der Waals surface area contributed by atoms with Crippen LogP contribution in [0.2, 0.25) is 0 Å². The minimum Gasteiger partial charge on any atom is -0.310 e. The van der Waals surface area contributed by atoms with Gasteiger partial charge >= 0.3 is 0 Å². The first-order valence-electron chi connectivity index (χ1n) is 19.6. The lowest BCUT2D eigenvalue weighted by atomic mass is 9.49. The van der Waals surface area contributed by atoms with Crippen LogP contribution in [-0.2, 0) is 5.41 Å². The highest BCUT2D eigenvalue weighted by molar-refractivity contribution is 7.25. The van der Waals surface area contributed by atoms with E-state index >= 15 is 0 Å². The first-order chi connectivity index (χ1) is 26.1. The van der Waals surface area contributed by atoms with Crippen LogP contribution in [0.15, 0.2) is 152 Å². The summed E-state index contributed by atoms with van der Waals surface area (Å²) in [5, 5.41) is 5.20. The lowest BCUT2D eigenvalue weighted by molar-refractivity contribution is 0.0426. The van der Waals surface area contributed by atoms with Gasteiger partial charge < -0.3 is 4.90 Å².